The molecule has 0 fully saturated rings. The van der Waals surface area contributed by atoms with Gasteiger partial charge in [0.2, 0.25) is 5.89 Å². The topological polar surface area (TPSA) is 77.0 Å². The molecule has 2 aromatic rings. The Morgan fingerprint density at radius 3 is 2.53 bits per heavy atom. The van der Waals surface area contributed by atoms with E-state index in [9.17, 15) is 0 Å². The molecule has 1 heterocycles. The van der Waals surface area contributed by atoms with Gasteiger partial charge in [0, 0.05) is 5.69 Å². The lowest BCUT2D eigenvalue weighted by atomic mass is 10.3. The Labute approximate surface area is 108 Å². The highest BCUT2D eigenvalue weighted by Gasteiger charge is 2.09. The maximum atomic E-state index is 6.01. The fourth-order valence-corrected chi connectivity index (χ4v) is 1.98. The minimum absolute atomic E-state index is 0.351. The second-order valence-corrected chi connectivity index (χ2v) is 4.26. The van der Waals surface area contributed by atoms with Gasteiger partial charge in [-0.05, 0) is 19.1 Å². The van der Waals surface area contributed by atoms with Crippen molar-refractivity contribution in [3.63, 3.8) is 0 Å². The largest absolute Gasteiger partial charge is 0.399 e. The second-order valence-electron chi connectivity index (χ2n) is 3.45. The number of rotatable bonds is 3. The van der Waals surface area contributed by atoms with Crippen LogP contribution in [0.25, 0.3) is 0 Å². The summed E-state index contributed by atoms with van der Waals surface area (Å²) in [6.07, 6.45) is 0. The zero-order valence-corrected chi connectivity index (χ0v) is 10.5. The molecule has 3 N–H and O–H groups in total. The van der Waals surface area contributed by atoms with Gasteiger partial charge in [0.25, 0.3) is 0 Å². The van der Waals surface area contributed by atoms with Gasteiger partial charge in [0.15, 0.2) is 5.82 Å². The van der Waals surface area contributed by atoms with Gasteiger partial charge in [-0.2, -0.15) is 4.98 Å². The van der Waals surface area contributed by atoms with Gasteiger partial charge in [-0.15, -0.1) is 0 Å². The summed E-state index contributed by atoms with van der Waals surface area (Å²) in [4.78, 5) is 4.05. The zero-order valence-electron chi connectivity index (χ0n) is 9.00. The van der Waals surface area contributed by atoms with Crippen LogP contribution in [0.4, 0.5) is 11.4 Å². The number of aryl methyl sites for hydroxylation is 1. The van der Waals surface area contributed by atoms with Crippen LogP contribution in [-0.2, 0) is 6.54 Å². The van der Waals surface area contributed by atoms with Gasteiger partial charge in [0.05, 0.1) is 22.3 Å². The summed E-state index contributed by atoms with van der Waals surface area (Å²) in [6.45, 7) is 2.10. The number of nitrogens with zero attached hydrogens (tertiary/aromatic N) is 2. The van der Waals surface area contributed by atoms with Crippen molar-refractivity contribution in [1.82, 2.24) is 10.1 Å². The molecule has 0 aliphatic heterocycles. The molecule has 0 radical (unpaired) electrons. The second kappa shape index (κ2) is 4.81. The van der Waals surface area contributed by atoms with Crippen LogP contribution in [0.3, 0.4) is 0 Å². The number of nitrogens with one attached hydrogen (secondary N) is 1. The van der Waals surface area contributed by atoms with Crippen LogP contribution >= 0.6 is 23.2 Å². The molecule has 0 saturated carbocycles. The van der Waals surface area contributed by atoms with Gasteiger partial charge in [-0.1, -0.05) is 28.4 Å². The van der Waals surface area contributed by atoms with E-state index >= 15 is 0 Å². The highest BCUT2D eigenvalue weighted by Crippen LogP contribution is 2.32. The highest BCUT2D eigenvalue weighted by atomic mass is 35.5. The number of hydrogen-bond acceptors (Lipinski definition) is 5. The van der Waals surface area contributed by atoms with Crippen molar-refractivity contribution in [1.29, 1.82) is 0 Å². The Bertz CT molecular complexity index is 518. The lowest BCUT2D eigenvalue weighted by molar-refractivity contribution is 0.379. The first-order chi connectivity index (χ1) is 8.06. The van der Waals surface area contributed by atoms with E-state index in [1.54, 1.807) is 19.1 Å². The Morgan fingerprint density at radius 2 is 2.00 bits per heavy atom. The Hall–Kier alpha value is -1.46. The average molecular weight is 273 g/mol. The molecule has 0 saturated heterocycles. The number of nitrogens with two attached hydrogens (primary N) is 1. The van der Waals surface area contributed by atoms with Crippen LogP contribution in [-0.4, -0.2) is 10.1 Å². The predicted molar refractivity (Wildman–Crippen MR) is 67.2 cm³/mol. The highest BCUT2D eigenvalue weighted by molar-refractivity contribution is 6.39. The molecule has 0 spiro atoms. The van der Waals surface area contributed by atoms with E-state index < -0.39 is 0 Å². The average Bonchev–Trinajstić information content (AvgIpc) is 2.62. The lowest BCUT2D eigenvalue weighted by Gasteiger charge is -2.09. The summed E-state index contributed by atoms with van der Waals surface area (Å²) in [6, 6.07) is 3.24. The van der Waals surface area contributed by atoms with E-state index in [2.05, 4.69) is 15.5 Å². The fourth-order valence-electron chi connectivity index (χ4n) is 1.34. The normalized spacial score (nSPS) is 10.5. The molecule has 5 nitrogen and oxygen atoms in total. The minimum Gasteiger partial charge on any atom is -0.399 e. The maximum Gasteiger partial charge on any atom is 0.245 e. The molecule has 0 amide bonds. The van der Waals surface area contributed by atoms with Crippen LogP contribution in [0.15, 0.2) is 16.7 Å². The van der Waals surface area contributed by atoms with Gasteiger partial charge >= 0.3 is 0 Å². The van der Waals surface area contributed by atoms with Gasteiger partial charge < -0.3 is 15.6 Å². The number of aromatic nitrogens is 2. The first-order valence-corrected chi connectivity index (χ1v) is 5.59. The molecule has 1 aromatic carbocycles. The monoisotopic (exact) mass is 272 g/mol. The van der Waals surface area contributed by atoms with Crippen molar-refractivity contribution in [2.75, 3.05) is 11.1 Å². The lowest BCUT2D eigenvalue weighted by Crippen LogP contribution is -2.01. The summed E-state index contributed by atoms with van der Waals surface area (Å²) in [5, 5.41) is 7.60. The van der Waals surface area contributed by atoms with E-state index in [0.29, 0.717) is 39.7 Å². The van der Waals surface area contributed by atoms with Crippen LogP contribution in [0.2, 0.25) is 10.0 Å². The summed E-state index contributed by atoms with van der Waals surface area (Å²) in [5.74, 6) is 1.04. The van der Waals surface area contributed by atoms with E-state index in [4.69, 9.17) is 33.5 Å². The Kier molecular flexibility index (Phi) is 3.40. The van der Waals surface area contributed by atoms with Crippen molar-refractivity contribution >= 4 is 34.6 Å². The quantitative estimate of drug-likeness (QED) is 0.841. The van der Waals surface area contributed by atoms with E-state index in [0.717, 1.165) is 0 Å². The summed E-state index contributed by atoms with van der Waals surface area (Å²) < 4.78 is 4.96. The SMILES string of the molecule is Cc1noc(CNc2c(Cl)cc(N)cc2Cl)n1. The number of halogens is 2. The summed E-state index contributed by atoms with van der Waals surface area (Å²) in [7, 11) is 0. The smallest absolute Gasteiger partial charge is 0.245 e. The molecule has 0 aliphatic rings. The molecule has 0 aliphatic carbocycles. The van der Waals surface area contributed by atoms with Crippen LogP contribution in [0, 0.1) is 6.92 Å². The van der Waals surface area contributed by atoms with E-state index in [-0.39, 0.29) is 0 Å². The number of benzene rings is 1. The minimum atomic E-state index is 0.351. The molecular formula is C10H10Cl2N4O. The van der Waals surface area contributed by atoms with Crippen molar-refractivity contribution in [2.24, 2.45) is 0 Å². The number of anilines is 2. The number of hydrogen-bond donors (Lipinski definition) is 2. The third kappa shape index (κ3) is 2.81. The molecule has 2 rings (SSSR count). The molecule has 1 aromatic heterocycles. The molecule has 90 valence electrons. The molecule has 0 bridgehead atoms. The standard InChI is InChI=1S/C10H10Cl2N4O/c1-5-15-9(17-16-5)4-14-10-7(11)2-6(13)3-8(10)12/h2-3,14H,4,13H2,1H3. The first-order valence-electron chi connectivity index (χ1n) is 4.84. The molecule has 0 atom stereocenters. The van der Waals surface area contributed by atoms with Crippen LogP contribution in [0.1, 0.15) is 11.7 Å². The Morgan fingerprint density at radius 1 is 1.35 bits per heavy atom. The van der Waals surface area contributed by atoms with E-state index in [1.165, 1.54) is 0 Å². The molecule has 7 heteroatoms. The van der Waals surface area contributed by atoms with Crippen LogP contribution in [0.5, 0.6) is 0 Å². The Balaban J connectivity index is 2.14. The predicted octanol–water partition coefficient (Wildman–Crippen LogP) is 2.88. The van der Waals surface area contributed by atoms with E-state index in [1.807, 2.05) is 0 Å². The van der Waals surface area contributed by atoms with Crippen molar-refractivity contribution in [3.05, 3.63) is 33.9 Å². The third-order valence-electron chi connectivity index (χ3n) is 2.05. The third-order valence-corrected chi connectivity index (χ3v) is 2.65. The van der Waals surface area contributed by atoms with Gasteiger partial charge in [-0.3, -0.25) is 0 Å². The summed E-state index contributed by atoms with van der Waals surface area (Å²) in [5.41, 5.74) is 6.71. The van der Waals surface area contributed by atoms with Gasteiger partial charge in [-0.25, -0.2) is 0 Å². The molecule has 0 unspecified atom stereocenters. The van der Waals surface area contributed by atoms with Crippen molar-refractivity contribution < 1.29 is 4.52 Å². The maximum absolute atomic E-state index is 6.01. The van der Waals surface area contributed by atoms with Gasteiger partial charge in [0.1, 0.15) is 0 Å². The number of nitrogen functional groups attached to an aromatic ring is 1. The zero-order chi connectivity index (χ0) is 12.4. The van der Waals surface area contributed by atoms with Crippen molar-refractivity contribution in [3.8, 4) is 0 Å². The fraction of sp³-hybridized carbons (Fsp3) is 0.200. The van der Waals surface area contributed by atoms with Crippen LogP contribution < -0.4 is 11.1 Å². The summed E-state index contributed by atoms with van der Waals surface area (Å²) >= 11 is 12.0. The first kappa shape index (κ1) is 12.0. The molecule has 17 heavy (non-hydrogen) atoms. The molecular weight excluding hydrogens is 263 g/mol. The van der Waals surface area contributed by atoms with Crippen molar-refractivity contribution in [2.45, 2.75) is 13.5 Å².